The van der Waals surface area contributed by atoms with Crippen molar-refractivity contribution in [1.29, 1.82) is 0 Å². The van der Waals surface area contributed by atoms with Gasteiger partial charge in [0, 0.05) is 16.6 Å². The molecule has 0 atom stereocenters. The lowest BCUT2D eigenvalue weighted by Crippen LogP contribution is -2.30. The summed E-state index contributed by atoms with van der Waals surface area (Å²) in [6, 6.07) is 25.8. The first-order valence-electron chi connectivity index (χ1n) is 10.3. The Kier molecular flexibility index (Phi) is 5.68. The van der Waals surface area contributed by atoms with E-state index in [9.17, 15) is 15.2 Å². The van der Waals surface area contributed by atoms with Crippen molar-refractivity contribution >= 4 is 12.6 Å². The molecule has 0 radical (unpaired) electrons. The van der Waals surface area contributed by atoms with Crippen LogP contribution in [-0.2, 0) is 0 Å². The highest BCUT2D eigenvalue weighted by atomic mass is 16.4. The minimum absolute atomic E-state index is 0.0852. The summed E-state index contributed by atoms with van der Waals surface area (Å²) in [7, 11) is -1.79. The van der Waals surface area contributed by atoms with Gasteiger partial charge in [-0.15, -0.1) is 0 Å². The summed E-state index contributed by atoms with van der Waals surface area (Å²) in [5, 5.41) is 31.2. The Balaban J connectivity index is 2.13. The summed E-state index contributed by atoms with van der Waals surface area (Å²) in [4.78, 5) is 0. The zero-order chi connectivity index (χ0) is 22.1. The lowest BCUT2D eigenvalue weighted by atomic mass is 9.73. The van der Waals surface area contributed by atoms with Gasteiger partial charge in [0.25, 0.3) is 0 Å². The molecule has 0 spiro atoms. The van der Waals surface area contributed by atoms with Crippen LogP contribution in [0.2, 0.25) is 0 Å². The van der Waals surface area contributed by atoms with Gasteiger partial charge in [0.2, 0.25) is 0 Å². The van der Waals surface area contributed by atoms with Crippen molar-refractivity contribution in [3.05, 3.63) is 95.6 Å². The molecule has 0 aliphatic carbocycles. The predicted octanol–water partition coefficient (Wildman–Crippen LogP) is 5.00. The first-order chi connectivity index (χ1) is 14.8. The summed E-state index contributed by atoms with van der Waals surface area (Å²) in [6.45, 7) is 6.08. The van der Waals surface area contributed by atoms with Crippen molar-refractivity contribution in [2.45, 2.75) is 20.8 Å². The van der Waals surface area contributed by atoms with E-state index in [1.54, 1.807) is 6.07 Å². The Hall–Kier alpha value is -3.34. The smallest absolute Gasteiger partial charge is 0.492 e. The lowest BCUT2D eigenvalue weighted by Gasteiger charge is -2.21. The molecule has 0 aliphatic heterocycles. The molecule has 0 bridgehead atoms. The summed E-state index contributed by atoms with van der Waals surface area (Å²) >= 11 is 0. The Morgan fingerprint density at radius 1 is 0.548 bits per heavy atom. The van der Waals surface area contributed by atoms with Gasteiger partial charge in [0.05, 0.1) is 0 Å². The maximum atomic E-state index is 11.2. The van der Waals surface area contributed by atoms with E-state index in [-0.39, 0.29) is 11.2 Å². The highest BCUT2D eigenvalue weighted by Crippen LogP contribution is 2.44. The van der Waals surface area contributed by atoms with Crippen LogP contribution in [0.3, 0.4) is 0 Å². The van der Waals surface area contributed by atoms with E-state index in [2.05, 4.69) is 0 Å². The van der Waals surface area contributed by atoms with Crippen molar-refractivity contribution in [3.8, 4) is 39.1 Å². The first kappa shape index (κ1) is 20.9. The number of benzene rings is 4. The second kappa shape index (κ2) is 8.42. The van der Waals surface area contributed by atoms with Crippen LogP contribution in [0.4, 0.5) is 0 Å². The van der Waals surface area contributed by atoms with E-state index in [1.807, 2.05) is 93.6 Å². The third kappa shape index (κ3) is 4.13. The molecule has 0 saturated heterocycles. The Labute approximate surface area is 183 Å². The number of hydrogen-bond acceptors (Lipinski definition) is 3. The summed E-state index contributed by atoms with van der Waals surface area (Å²) in [5.41, 5.74) is 8.46. The maximum Gasteiger partial charge on any atom is 0.492 e. The fourth-order valence-electron chi connectivity index (χ4n) is 3.87. The zero-order valence-corrected chi connectivity index (χ0v) is 17.9. The molecule has 4 heteroatoms. The lowest BCUT2D eigenvalue weighted by molar-refractivity contribution is 0.420. The number of aryl methyl sites for hydroxylation is 3. The molecular formula is C27H25BO3. The van der Waals surface area contributed by atoms with Gasteiger partial charge >= 0.3 is 7.12 Å². The summed E-state index contributed by atoms with van der Waals surface area (Å²) in [5.74, 6) is -0.120. The Morgan fingerprint density at radius 3 is 1.35 bits per heavy atom. The van der Waals surface area contributed by atoms with E-state index in [1.165, 1.54) is 0 Å². The summed E-state index contributed by atoms with van der Waals surface area (Å²) in [6.07, 6.45) is 0. The van der Waals surface area contributed by atoms with E-state index < -0.39 is 7.12 Å². The molecule has 0 saturated carbocycles. The molecule has 3 nitrogen and oxygen atoms in total. The molecule has 0 fully saturated rings. The van der Waals surface area contributed by atoms with Crippen molar-refractivity contribution in [2.75, 3.05) is 0 Å². The first-order valence-corrected chi connectivity index (χ1v) is 10.3. The van der Waals surface area contributed by atoms with Crippen LogP contribution in [0.25, 0.3) is 33.4 Å². The zero-order valence-electron chi connectivity index (χ0n) is 17.9. The standard InChI is InChI=1S/C27H25BO3/c1-17-4-10-20(11-5-17)23-16-24(28(30)31)27(29)26(22-14-8-19(3)9-15-22)25(23)21-12-6-18(2)7-13-21/h4-16,29-31H,1-3H3. The van der Waals surface area contributed by atoms with Crippen LogP contribution in [0, 0.1) is 20.8 Å². The van der Waals surface area contributed by atoms with Gasteiger partial charge in [-0.1, -0.05) is 95.6 Å². The molecule has 154 valence electrons. The van der Waals surface area contributed by atoms with Crippen LogP contribution in [0.15, 0.2) is 78.9 Å². The van der Waals surface area contributed by atoms with Gasteiger partial charge in [-0.2, -0.15) is 0 Å². The van der Waals surface area contributed by atoms with Crippen molar-refractivity contribution in [1.82, 2.24) is 0 Å². The molecule has 31 heavy (non-hydrogen) atoms. The van der Waals surface area contributed by atoms with Crippen LogP contribution in [0.5, 0.6) is 5.75 Å². The number of hydrogen-bond donors (Lipinski definition) is 3. The van der Waals surface area contributed by atoms with Crippen molar-refractivity contribution < 1.29 is 15.2 Å². The van der Waals surface area contributed by atoms with E-state index >= 15 is 0 Å². The quantitative estimate of drug-likeness (QED) is 0.417. The fourth-order valence-corrected chi connectivity index (χ4v) is 3.87. The SMILES string of the molecule is Cc1ccc(-c2cc(B(O)O)c(O)c(-c3ccc(C)cc3)c2-c2ccc(C)cc2)cc1. The molecule has 3 N–H and O–H groups in total. The molecular weight excluding hydrogens is 383 g/mol. The van der Waals surface area contributed by atoms with Gasteiger partial charge in [0.15, 0.2) is 0 Å². The van der Waals surface area contributed by atoms with Crippen LogP contribution in [-0.4, -0.2) is 22.3 Å². The van der Waals surface area contributed by atoms with Crippen molar-refractivity contribution in [3.63, 3.8) is 0 Å². The molecule has 0 amide bonds. The molecule has 0 heterocycles. The third-order valence-corrected chi connectivity index (χ3v) is 5.65. The molecule has 4 aromatic rings. The second-order valence-corrected chi connectivity index (χ2v) is 8.08. The topological polar surface area (TPSA) is 60.7 Å². The third-order valence-electron chi connectivity index (χ3n) is 5.65. The maximum absolute atomic E-state index is 11.2. The average Bonchev–Trinajstić information content (AvgIpc) is 2.75. The van der Waals surface area contributed by atoms with Crippen molar-refractivity contribution in [2.24, 2.45) is 0 Å². The average molecular weight is 408 g/mol. The fraction of sp³-hybridized carbons (Fsp3) is 0.111. The molecule has 4 aromatic carbocycles. The number of phenols is 1. The van der Waals surface area contributed by atoms with Crippen LogP contribution in [0.1, 0.15) is 16.7 Å². The minimum Gasteiger partial charge on any atom is -0.508 e. The van der Waals surface area contributed by atoms with E-state index in [0.717, 1.165) is 44.5 Å². The molecule has 4 rings (SSSR count). The summed E-state index contributed by atoms with van der Waals surface area (Å²) < 4.78 is 0. The minimum atomic E-state index is -1.79. The second-order valence-electron chi connectivity index (χ2n) is 8.08. The van der Waals surface area contributed by atoms with E-state index in [0.29, 0.717) is 5.56 Å². The normalized spacial score (nSPS) is 10.9. The largest absolute Gasteiger partial charge is 0.508 e. The van der Waals surface area contributed by atoms with Crippen LogP contribution < -0.4 is 5.46 Å². The monoisotopic (exact) mass is 408 g/mol. The predicted molar refractivity (Wildman–Crippen MR) is 128 cm³/mol. The molecule has 0 aliphatic rings. The van der Waals surface area contributed by atoms with Gasteiger partial charge in [0.1, 0.15) is 5.75 Å². The van der Waals surface area contributed by atoms with Gasteiger partial charge in [-0.25, -0.2) is 0 Å². The highest BCUT2D eigenvalue weighted by Gasteiger charge is 2.26. The number of aromatic hydroxyl groups is 1. The molecule has 0 aromatic heterocycles. The van der Waals surface area contributed by atoms with Crippen LogP contribution >= 0.6 is 0 Å². The Bertz CT molecular complexity index is 1210. The highest BCUT2D eigenvalue weighted by molar-refractivity contribution is 6.60. The Morgan fingerprint density at radius 2 is 0.935 bits per heavy atom. The number of phenolic OH excluding ortho intramolecular Hbond substituents is 1. The van der Waals surface area contributed by atoms with Gasteiger partial charge in [-0.3, -0.25) is 0 Å². The number of rotatable bonds is 4. The van der Waals surface area contributed by atoms with Gasteiger partial charge < -0.3 is 15.2 Å². The van der Waals surface area contributed by atoms with E-state index in [4.69, 9.17) is 0 Å². The molecule has 0 unspecified atom stereocenters. The van der Waals surface area contributed by atoms with Gasteiger partial charge in [-0.05, 0) is 43.0 Å².